The Bertz CT molecular complexity index is 350. The van der Waals surface area contributed by atoms with Crippen LogP contribution in [0.25, 0.3) is 0 Å². The summed E-state index contributed by atoms with van der Waals surface area (Å²) in [4.78, 5) is 0. The average molecular weight is 222 g/mol. The van der Waals surface area contributed by atoms with E-state index < -0.39 is 6.10 Å². The molecule has 0 aliphatic carbocycles. The number of aliphatic hydroxyl groups is 1. The molecule has 0 spiro atoms. The second-order valence-electron chi connectivity index (χ2n) is 5.24. The molecule has 0 amide bonds. The molecule has 1 rings (SSSR count). The maximum Gasteiger partial charge on any atom is 0.125 e. The highest BCUT2D eigenvalue weighted by atomic mass is 16.5. The smallest absolute Gasteiger partial charge is 0.125 e. The summed E-state index contributed by atoms with van der Waals surface area (Å²) in [7, 11) is 0. The summed E-state index contributed by atoms with van der Waals surface area (Å²) in [6.45, 7) is 10.7. The largest absolute Gasteiger partial charge is 0.493 e. The van der Waals surface area contributed by atoms with Crippen LogP contribution in [-0.4, -0.2) is 11.7 Å². The second kappa shape index (κ2) is 4.88. The average Bonchev–Trinajstić information content (AvgIpc) is 2.18. The quantitative estimate of drug-likeness (QED) is 0.848. The number of hydrogen-bond donors (Lipinski definition) is 1. The third-order valence-corrected chi connectivity index (χ3v) is 2.58. The van der Waals surface area contributed by atoms with Gasteiger partial charge in [0.2, 0.25) is 0 Å². The van der Waals surface area contributed by atoms with Crippen molar-refractivity contribution in [1.29, 1.82) is 0 Å². The molecular weight excluding hydrogens is 200 g/mol. The first kappa shape index (κ1) is 13.0. The predicted molar refractivity (Wildman–Crippen MR) is 66.8 cm³/mol. The minimum Gasteiger partial charge on any atom is -0.493 e. The van der Waals surface area contributed by atoms with Crippen molar-refractivity contribution >= 4 is 0 Å². The molecule has 1 aromatic carbocycles. The summed E-state index contributed by atoms with van der Waals surface area (Å²) in [5.41, 5.74) is 1.84. The van der Waals surface area contributed by atoms with Crippen LogP contribution in [0.5, 0.6) is 5.75 Å². The fourth-order valence-corrected chi connectivity index (χ4v) is 1.64. The molecule has 1 aromatic rings. The monoisotopic (exact) mass is 222 g/mol. The molecule has 0 bridgehead atoms. The van der Waals surface area contributed by atoms with Gasteiger partial charge in [0, 0.05) is 5.56 Å². The molecule has 0 aromatic heterocycles. The molecule has 16 heavy (non-hydrogen) atoms. The van der Waals surface area contributed by atoms with Gasteiger partial charge in [-0.1, -0.05) is 32.4 Å². The number of rotatable bonds is 3. The summed E-state index contributed by atoms with van der Waals surface area (Å²) in [6.07, 6.45) is -0.506. The molecule has 1 atom stereocenters. The Morgan fingerprint density at radius 2 is 1.94 bits per heavy atom. The van der Waals surface area contributed by atoms with Gasteiger partial charge in [0.15, 0.2) is 0 Å². The Hall–Kier alpha value is -1.02. The highest BCUT2D eigenvalue weighted by Crippen LogP contribution is 2.37. The topological polar surface area (TPSA) is 29.5 Å². The van der Waals surface area contributed by atoms with Crippen LogP contribution in [-0.2, 0) is 0 Å². The molecule has 0 fully saturated rings. The zero-order valence-corrected chi connectivity index (χ0v) is 10.9. The molecule has 0 radical (unpaired) electrons. The van der Waals surface area contributed by atoms with Gasteiger partial charge in [-0.05, 0) is 31.4 Å². The SMILES string of the molecule is CCOc1ccc(C)cc1C(O)C(C)(C)C. The number of ether oxygens (including phenoxy) is 1. The van der Waals surface area contributed by atoms with Gasteiger partial charge < -0.3 is 9.84 Å². The van der Waals surface area contributed by atoms with E-state index in [0.717, 1.165) is 16.9 Å². The lowest BCUT2D eigenvalue weighted by Gasteiger charge is -2.28. The maximum absolute atomic E-state index is 10.3. The van der Waals surface area contributed by atoms with Crippen LogP contribution in [0.4, 0.5) is 0 Å². The Kier molecular flexibility index (Phi) is 3.98. The zero-order valence-electron chi connectivity index (χ0n) is 10.9. The summed E-state index contributed by atoms with van der Waals surface area (Å²) in [5.74, 6) is 0.788. The summed E-state index contributed by atoms with van der Waals surface area (Å²) >= 11 is 0. The Balaban J connectivity index is 3.14. The van der Waals surface area contributed by atoms with Crippen molar-refractivity contribution in [3.05, 3.63) is 29.3 Å². The van der Waals surface area contributed by atoms with Crippen molar-refractivity contribution in [2.45, 2.75) is 40.7 Å². The lowest BCUT2D eigenvalue weighted by molar-refractivity contribution is 0.0598. The number of aryl methyl sites for hydroxylation is 1. The van der Waals surface area contributed by atoms with Crippen molar-refractivity contribution in [3.8, 4) is 5.75 Å². The van der Waals surface area contributed by atoms with E-state index >= 15 is 0 Å². The van der Waals surface area contributed by atoms with Crippen LogP contribution in [0.1, 0.15) is 44.9 Å². The lowest BCUT2D eigenvalue weighted by atomic mass is 9.84. The molecule has 0 heterocycles. The van der Waals surface area contributed by atoms with E-state index in [0.29, 0.717) is 6.61 Å². The lowest BCUT2D eigenvalue weighted by Crippen LogP contribution is -2.18. The molecule has 1 N–H and O–H groups in total. The van der Waals surface area contributed by atoms with Gasteiger partial charge in [0.25, 0.3) is 0 Å². The third-order valence-electron chi connectivity index (χ3n) is 2.58. The predicted octanol–water partition coefficient (Wildman–Crippen LogP) is 3.47. The van der Waals surface area contributed by atoms with Gasteiger partial charge in [-0.25, -0.2) is 0 Å². The molecule has 0 aliphatic rings. The molecule has 2 nitrogen and oxygen atoms in total. The first-order valence-corrected chi connectivity index (χ1v) is 5.77. The van der Waals surface area contributed by atoms with E-state index in [1.807, 2.05) is 52.8 Å². The molecule has 90 valence electrons. The maximum atomic E-state index is 10.3. The second-order valence-corrected chi connectivity index (χ2v) is 5.24. The summed E-state index contributed by atoms with van der Waals surface area (Å²) in [6, 6.07) is 5.94. The van der Waals surface area contributed by atoms with Crippen LogP contribution in [0.2, 0.25) is 0 Å². The first-order chi connectivity index (χ1) is 7.36. The first-order valence-electron chi connectivity index (χ1n) is 5.77. The van der Waals surface area contributed by atoms with Gasteiger partial charge in [-0.15, -0.1) is 0 Å². The van der Waals surface area contributed by atoms with E-state index in [1.165, 1.54) is 0 Å². The van der Waals surface area contributed by atoms with Crippen LogP contribution in [0.3, 0.4) is 0 Å². The van der Waals surface area contributed by atoms with Gasteiger partial charge in [0.1, 0.15) is 5.75 Å². The van der Waals surface area contributed by atoms with Crippen molar-refractivity contribution in [2.24, 2.45) is 5.41 Å². The van der Waals surface area contributed by atoms with Crippen molar-refractivity contribution in [2.75, 3.05) is 6.61 Å². The molecule has 2 heteroatoms. The van der Waals surface area contributed by atoms with Gasteiger partial charge >= 0.3 is 0 Å². The molecule has 1 unspecified atom stereocenters. The van der Waals surface area contributed by atoms with Crippen molar-refractivity contribution in [3.63, 3.8) is 0 Å². The van der Waals surface area contributed by atoms with Crippen LogP contribution >= 0.6 is 0 Å². The van der Waals surface area contributed by atoms with Crippen molar-refractivity contribution in [1.82, 2.24) is 0 Å². The minimum atomic E-state index is -0.506. The van der Waals surface area contributed by atoms with E-state index in [1.54, 1.807) is 0 Å². The van der Waals surface area contributed by atoms with Crippen LogP contribution in [0.15, 0.2) is 18.2 Å². The standard InChI is InChI=1S/C14H22O2/c1-6-16-12-8-7-10(2)9-11(12)13(15)14(3,4)5/h7-9,13,15H,6H2,1-5H3. The Labute approximate surface area is 98.3 Å². The van der Waals surface area contributed by atoms with Crippen molar-refractivity contribution < 1.29 is 9.84 Å². The minimum absolute atomic E-state index is 0.181. The van der Waals surface area contributed by atoms with Crippen LogP contribution < -0.4 is 4.74 Å². The Morgan fingerprint density at radius 1 is 1.31 bits per heavy atom. The zero-order chi connectivity index (χ0) is 12.3. The van der Waals surface area contributed by atoms with Gasteiger partial charge in [-0.3, -0.25) is 0 Å². The number of aliphatic hydroxyl groups excluding tert-OH is 1. The summed E-state index contributed by atoms with van der Waals surface area (Å²) in [5, 5.41) is 10.3. The summed E-state index contributed by atoms with van der Waals surface area (Å²) < 4.78 is 5.55. The fourth-order valence-electron chi connectivity index (χ4n) is 1.64. The number of hydrogen-bond acceptors (Lipinski definition) is 2. The van der Waals surface area contributed by atoms with E-state index in [9.17, 15) is 5.11 Å². The van der Waals surface area contributed by atoms with Crippen LogP contribution in [0, 0.1) is 12.3 Å². The highest BCUT2D eigenvalue weighted by molar-refractivity contribution is 5.39. The normalized spacial score (nSPS) is 13.6. The van der Waals surface area contributed by atoms with Gasteiger partial charge in [0.05, 0.1) is 12.7 Å². The molecule has 0 aliphatic heterocycles. The van der Waals surface area contributed by atoms with E-state index in [4.69, 9.17) is 4.74 Å². The van der Waals surface area contributed by atoms with Gasteiger partial charge in [-0.2, -0.15) is 0 Å². The highest BCUT2D eigenvalue weighted by Gasteiger charge is 2.26. The fraction of sp³-hybridized carbons (Fsp3) is 0.571. The number of benzene rings is 1. The molecule has 0 saturated carbocycles. The van der Waals surface area contributed by atoms with E-state index in [2.05, 4.69) is 0 Å². The molecule has 0 saturated heterocycles. The molecular formula is C14H22O2. The van der Waals surface area contributed by atoms with E-state index in [-0.39, 0.29) is 5.41 Å². The third kappa shape index (κ3) is 2.99. The Morgan fingerprint density at radius 3 is 2.44 bits per heavy atom.